The molecule has 2 N–H and O–H groups in total. The number of amides is 1. The van der Waals surface area contributed by atoms with Gasteiger partial charge in [-0.3, -0.25) is 9.63 Å². The summed E-state index contributed by atoms with van der Waals surface area (Å²) in [6.45, 7) is 2.82. The smallest absolute Gasteiger partial charge is 0.293 e. The van der Waals surface area contributed by atoms with Crippen molar-refractivity contribution in [2.45, 2.75) is 19.9 Å². The Kier molecular flexibility index (Phi) is 3.74. The van der Waals surface area contributed by atoms with Gasteiger partial charge in [0.05, 0.1) is 12.8 Å². The summed E-state index contributed by atoms with van der Waals surface area (Å²) in [5.74, 6) is -0.192. The fourth-order valence-electron chi connectivity index (χ4n) is 1.38. The molecule has 0 aromatic carbocycles. The Morgan fingerprint density at radius 2 is 2.33 bits per heavy atom. The molecule has 1 amide bonds. The lowest BCUT2D eigenvalue weighted by molar-refractivity contribution is -0.0763. The number of carbonyl (C=O) groups is 1. The molecule has 1 rings (SSSR count). The Labute approximate surface area is 89.4 Å². The van der Waals surface area contributed by atoms with Gasteiger partial charge >= 0.3 is 0 Å². The quantitative estimate of drug-likeness (QED) is 0.759. The van der Waals surface area contributed by atoms with Gasteiger partial charge in [-0.1, -0.05) is 6.92 Å². The lowest BCUT2D eigenvalue weighted by Gasteiger charge is -2.14. The number of aromatic nitrogens is 1. The van der Waals surface area contributed by atoms with E-state index in [2.05, 4.69) is 0 Å². The second-order valence-electron chi connectivity index (χ2n) is 3.34. The van der Waals surface area contributed by atoms with Gasteiger partial charge in [-0.15, -0.1) is 0 Å². The number of anilines is 1. The molecule has 1 heterocycles. The monoisotopic (exact) mass is 211 g/mol. The van der Waals surface area contributed by atoms with Crippen LogP contribution in [-0.4, -0.2) is 29.7 Å². The van der Waals surface area contributed by atoms with Gasteiger partial charge in [0.1, 0.15) is 5.69 Å². The second-order valence-corrected chi connectivity index (χ2v) is 3.34. The van der Waals surface area contributed by atoms with Gasteiger partial charge in [-0.25, -0.2) is 5.06 Å². The Morgan fingerprint density at radius 1 is 1.67 bits per heavy atom. The number of aryl methyl sites for hydroxylation is 1. The molecule has 0 radical (unpaired) electrons. The van der Waals surface area contributed by atoms with Crippen molar-refractivity contribution in [2.24, 2.45) is 0 Å². The van der Waals surface area contributed by atoms with Crippen molar-refractivity contribution in [3.05, 3.63) is 18.0 Å². The maximum absolute atomic E-state index is 11.8. The largest absolute Gasteiger partial charge is 0.397 e. The van der Waals surface area contributed by atoms with Gasteiger partial charge in [-0.05, 0) is 12.5 Å². The Bertz CT molecular complexity index is 346. The van der Waals surface area contributed by atoms with E-state index in [4.69, 9.17) is 10.6 Å². The highest BCUT2D eigenvalue weighted by Crippen LogP contribution is 2.13. The first kappa shape index (κ1) is 11.6. The first-order valence-electron chi connectivity index (χ1n) is 4.88. The first-order valence-corrected chi connectivity index (χ1v) is 4.88. The summed E-state index contributed by atoms with van der Waals surface area (Å²) < 4.78 is 1.84. The van der Waals surface area contributed by atoms with E-state index in [9.17, 15) is 4.79 Å². The van der Waals surface area contributed by atoms with Gasteiger partial charge in [-0.2, -0.15) is 0 Å². The van der Waals surface area contributed by atoms with Gasteiger partial charge in [0.15, 0.2) is 0 Å². The van der Waals surface area contributed by atoms with E-state index in [0.29, 0.717) is 11.4 Å². The average Bonchev–Trinajstić information content (AvgIpc) is 2.58. The van der Waals surface area contributed by atoms with Gasteiger partial charge < -0.3 is 10.3 Å². The molecule has 0 bridgehead atoms. The third-order valence-corrected chi connectivity index (χ3v) is 2.16. The van der Waals surface area contributed by atoms with Crippen LogP contribution in [0.25, 0.3) is 0 Å². The summed E-state index contributed by atoms with van der Waals surface area (Å²) >= 11 is 0. The predicted molar refractivity (Wildman–Crippen MR) is 58.2 cm³/mol. The molecule has 0 unspecified atom stereocenters. The highest BCUT2D eigenvalue weighted by molar-refractivity contribution is 5.92. The maximum Gasteiger partial charge on any atom is 0.293 e. The van der Waals surface area contributed by atoms with E-state index < -0.39 is 0 Å². The van der Waals surface area contributed by atoms with Crippen LogP contribution in [0.3, 0.4) is 0 Å². The standard InChI is InChI=1S/C10H17N3O2/c1-4-5-13-7-8(11)6-9(13)10(14)12(2)15-3/h6-7H,4-5,11H2,1-3H3. The number of hydroxylamine groups is 2. The predicted octanol–water partition coefficient (Wildman–Crippen LogP) is 1.11. The third kappa shape index (κ3) is 2.50. The fraction of sp³-hybridized carbons (Fsp3) is 0.500. The molecular formula is C10H17N3O2. The van der Waals surface area contributed by atoms with Crippen LogP contribution in [0.5, 0.6) is 0 Å². The molecular weight excluding hydrogens is 194 g/mol. The van der Waals surface area contributed by atoms with E-state index >= 15 is 0 Å². The summed E-state index contributed by atoms with van der Waals surface area (Å²) in [4.78, 5) is 16.6. The zero-order valence-electron chi connectivity index (χ0n) is 9.36. The zero-order chi connectivity index (χ0) is 11.4. The molecule has 1 aromatic rings. The van der Waals surface area contributed by atoms with Crippen LogP contribution in [0.2, 0.25) is 0 Å². The number of carbonyl (C=O) groups excluding carboxylic acids is 1. The van der Waals surface area contributed by atoms with Crippen molar-refractivity contribution in [2.75, 3.05) is 19.9 Å². The lowest BCUT2D eigenvalue weighted by Crippen LogP contribution is -2.27. The molecule has 1 aromatic heterocycles. The highest BCUT2D eigenvalue weighted by atomic mass is 16.7. The van der Waals surface area contributed by atoms with Crippen molar-refractivity contribution in [1.29, 1.82) is 0 Å². The minimum atomic E-state index is -0.192. The molecule has 5 heteroatoms. The summed E-state index contributed by atoms with van der Waals surface area (Å²) in [5.41, 5.74) is 6.80. The van der Waals surface area contributed by atoms with Crippen LogP contribution in [0.4, 0.5) is 5.69 Å². The van der Waals surface area contributed by atoms with Crippen molar-refractivity contribution in [3.63, 3.8) is 0 Å². The maximum atomic E-state index is 11.8. The molecule has 84 valence electrons. The molecule has 0 aliphatic heterocycles. The van der Waals surface area contributed by atoms with Gasteiger partial charge in [0, 0.05) is 19.8 Å². The number of nitrogens with two attached hydrogens (primary N) is 1. The number of hydrogen-bond acceptors (Lipinski definition) is 3. The van der Waals surface area contributed by atoms with Crippen LogP contribution >= 0.6 is 0 Å². The molecule has 15 heavy (non-hydrogen) atoms. The van der Waals surface area contributed by atoms with Crippen LogP contribution in [-0.2, 0) is 11.4 Å². The van der Waals surface area contributed by atoms with E-state index in [-0.39, 0.29) is 5.91 Å². The van der Waals surface area contributed by atoms with Crippen molar-refractivity contribution in [1.82, 2.24) is 9.63 Å². The molecule has 5 nitrogen and oxygen atoms in total. The Balaban J connectivity index is 2.96. The van der Waals surface area contributed by atoms with Crippen molar-refractivity contribution < 1.29 is 9.63 Å². The number of nitrogen functional groups attached to an aromatic ring is 1. The van der Waals surface area contributed by atoms with Crippen LogP contribution in [0, 0.1) is 0 Å². The molecule has 0 fully saturated rings. The van der Waals surface area contributed by atoms with E-state index in [1.165, 1.54) is 12.2 Å². The normalized spacial score (nSPS) is 10.3. The molecule has 0 aliphatic rings. The SMILES string of the molecule is CCCn1cc(N)cc1C(=O)N(C)OC. The number of rotatable bonds is 4. The third-order valence-electron chi connectivity index (χ3n) is 2.16. The Hall–Kier alpha value is -1.49. The number of hydrogen-bond donors (Lipinski definition) is 1. The zero-order valence-corrected chi connectivity index (χ0v) is 9.36. The van der Waals surface area contributed by atoms with Crippen LogP contribution < -0.4 is 5.73 Å². The topological polar surface area (TPSA) is 60.5 Å². The number of nitrogens with zero attached hydrogens (tertiary/aromatic N) is 2. The van der Waals surface area contributed by atoms with E-state index in [1.807, 2.05) is 11.5 Å². The highest BCUT2D eigenvalue weighted by Gasteiger charge is 2.16. The molecule has 0 aliphatic carbocycles. The summed E-state index contributed by atoms with van der Waals surface area (Å²) in [6.07, 6.45) is 2.71. The van der Waals surface area contributed by atoms with E-state index in [0.717, 1.165) is 13.0 Å². The van der Waals surface area contributed by atoms with Crippen molar-refractivity contribution in [3.8, 4) is 0 Å². The molecule has 0 saturated carbocycles. The summed E-state index contributed by atoms with van der Waals surface area (Å²) in [7, 11) is 3.02. The minimum absolute atomic E-state index is 0.192. The fourth-order valence-corrected chi connectivity index (χ4v) is 1.38. The van der Waals surface area contributed by atoms with E-state index in [1.54, 1.807) is 19.3 Å². The molecule has 0 saturated heterocycles. The van der Waals surface area contributed by atoms with Gasteiger partial charge in [0.25, 0.3) is 5.91 Å². The average molecular weight is 211 g/mol. The van der Waals surface area contributed by atoms with Crippen LogP contribution in [0.1, 0.15) is 23.8 Å². The second kappa shape index (κ2) is 4.84. The summed E-state index contributed by atoms with van der Waals surface area (Å²) in [6, 6.07) is 1.66. The van der Waals surface area contributed by atoms with Crippen molar-refractivity contribution >= 4 is 11.6 Å². The minimum Gasteiger partial charge on any atom is -0.397 e. The Morgan fingerprint density at radius 3 is 2.87 bits per heavy atom. The van der Waals surface area contributed by atoms with Gasteiger partial charge in [0.2, 0.25) is 0 Å². The lowest BCUT2D eigenvalue weighted by atomic mass is 10.3. The summed E-state index contributed by atoms with van der Waals surface area (Å²) in [5, 5.41) is 1.18. The molecule has 0 atom stereocenters. The first-order chi connectivity index (χ1) is 7.10. The van der Waals surface area contributed by atoms with Crippen LogP contribution in [0.15, 0.2) is 12.3 Å². The molecule has 0 spiro atoms.